The Morgan fingerprint density at radius 3 is 2.39 bits per heavy atom. The van der Waals surface area contributed by atoms with Crippen LogP contribution < -0.4 is 16.4 Å². The molecule has 2 amide bonds. The standard InChI is InChI=1S/C34H26F9N7O3S/c1-53-7-6-45-32-48-31-23(54-32)13-19(16-2-3-21(37)20(11-16)30(44)52)26(47-31)22(10-15-8-17(35)12-18(36)9-15)46-24(51)14-50-28-25(27(49-50)29(38)39)33(40,41)4-5-34(28,42)43/h2-3,8-13,29H,4-7,14H2,1H3,(H2,44,52)(H,46,51)(H,45,47,48)/b22-10-. The van der Waals surface area contributed by atoms with E-state index in [2.05, 4.69) is 25.7 Å². The van der Waals surface area contributed by atoms with Crippen molar-refractivity contribution in [1.82, 2.24) is 25.1 Å². The molecule has 6 rings (SSSR count). The molecule has 0 spiro atoms. The molecule has 2 aromatic carbocycles. The molecule has 20 heteroatoms. The number of thiazole rings is 1. The van der Waals surface area contributed by atoms with Gasteiger partial charge in [0.1, 0.15) is 35.4 Å². The van der Waals surface area contributed by atoms with Crippen LogP contribution in [-0.2, 0) is 27.9 Å². The van der Waals surface area contributed by atoms with Crippen LogP contribution in [0.2, 0.25) is 0 Å². The zero-order valence-corrected chi connectivity index (χ0v) is 28.4. The van der Waals surface area contributed by atoms with Crippen molar-refractivity contribution in [2.24, 2.45) is 5.73 Å². The molecule has 0 bridgehead atoms. The van der Waals surface area contributed by atoms with Crippen LogP contribution in [0.3, 0.4) is 0 Å². The van der Waals surface area contributed by atoms with Crippen LogP contribution >= 0.6 is 11.3 Å². The Labute approximate surface area is 302 Å². The maximum atomic E-state index is 15.1. The number of primary amides is 1. The van der Waals surface area contributed by atoms with E-state index < -0.39 is 95.1 Å². The molecule has 284 valence electrons. The molecule has 3 aromatic heterocycles. The summed E-state index contributed by atoms with van der Waals surface area (Å²) >= 11 is 1.11. The number of hydrogen-bond donors (Lipinski definition) is 3. The molecule has 54 heavy (non-hydrogen) atoms. The first-order chi connectivity index (χ1) is 25.5. The number of carbonyl (C=O) groups is 2. The number of nitrogens with one attached hydrogen (secondary N) is 2. The minimum atomic E-state index is -4.11. The maximum absolute atomic E-state index is 15.1. The Kier molecular flexibility index (Phi) is 10.4. The molecule has 5 aromatic rings. The SMILES string of the molecule is COCCNc1nc2nc(/C(=C/c3cc(F)cc(F)c3)NC(=O)Cn3nc(C(F)F)c4c3C(F)(F)CCC4(F)F)c(-c3ccc(F)c(C(N)=O)c3)cc2s1. The van der Waals surface area contributed by atoms with Crippen molar-refractivity contribution in [1.29, 1.82) is 0 Å². The Hall–Kier alpha value is -5.50. The number of nitrogens with zero attached hydrogens (tertiary/aromatic N) is 4. The van der Waals surface area contributed by atoms with Crippen LogP contribution in [0, 0.1) is 17.5 Å². The van der Waals surface area contributed by atoms with Crippen molar-refractivity contribution >= 4 is 50.4 Å². The minimum absolute atomic E-state index is 0.0473. The van der Waals surface area contributed by atoms with E-state index in [1.165, 1.54) is 19.2 Å². The number of carbonyl (C=O) groups excluding carboxylic acids is 2. The van der Waals surface area contributed by atoms with Crippen molar-refractivity contribution in [3.8, 4) is 11.1 Å². The molecule has 0 unspecified atom stereocenters. The van der Waals surface area contributed by atoms with Crippen LogP contribution in [0.1, 0.15) is 57.8 Å². The van der Waals surface area contributed by atoms with Gasteiger partial charge in [0.2, 0.25) is 5.91 Å². The highest BCUT2D eigenvalue weighted by atomic mass is 32.1. The average Bonchev–Trinajstić information content (AvgIpc) is 3.68. The molecule has 1 aliphatic carbocycles. The van der Waals surface area contributed by atoms with Gasteiger partial charge in [0.05, 0.1) is 33.8 Å². The first-order valence-corrected chi connectivity index (χ1v) is 16.6. The van der Waals surface area contributed by atoms with Gasteiger partial charge < -0.3 is 21.1 Å². The van der Waals surface area contributed by atoms with Crippen LogP contribution in [0.25, 0.3) is 33.2 Å². The summed E-state index contributed by atoms with van der Waals surface area (Å²) < 4.78 is 136. The monoisotopic (exact) mass is 783 g/mol. The number of pyridine rings is 1. The van der Waals surface area contributed by atoms with Gasteiger partial charge >= 0.3 is 0 Å². The second kappa shape index (κ2) is 14.7. The number of aromatic nitrogens is 4. The highest BCUT2D eigenvalue weighted by Crippen LogP contribution is 2.52. The van der Waals surface area contributed by atoms with Crippen molar-refractivity contribution < 1.29 is 53.8 Å². The van der Waals surface area contributed by atoms with E-state index in [4.69, 9.17) is 10.5 Å². The summed E-state index contributed by atoms with van der Waals surface area (Å²) in [4.78, 5) is 34.7. The van der Waals surface area contributed by atoms with Gasteiger partial charge in [0.25, 0.3) is 24.2 Å². The number of halogens is 9. The van der Waals surface area contributed by atoms with Crippen molar-refractivity contribution in [3.63, 3.8) is 0 Å². The predicted octanol–water partition coefficient (Wildman–Crippen LogP) is 7.36. The van der Waals surface area contributed by atoms with Crippen LogP contribution in [0.15, 0.2) is 42.5 Å². The largest absolute Gasteiger partial charge is 0.383 e. The lowest BCUT2D eigenvalue weighted by atomic mass is 9.89. The molecule has 0 saturated heterocycles. The van der Waals surface area contributed by atoms with E-state index in [0.717, 1.165) is 41.7 Å². The number of hydrogen-bond acceptors (Lipinski definition) is 8. The van der Waals surface area contributed by atoms with Crippen molar-refractivity contribution in [2.45, 2.75) is 37.7 Å². The average molecular weight is 784 g/mol. The van der Waals surface area contributed by atoms with Crippen LogP contribution in [0.4, 0.5) is 44.6 Å². The third-order valence-electron chi connectivity index (χ3n) is 8.18. The number of rotatable bonds is 12. The fraction of sp³-hybridized carbons (Fsp3) is 0.265. The van der Waals surface area contributed by atoms with Gasteiger partial charge in [-0.25, -0.2) is 40.7 Å². The van der Waals surface area contributed by atoms with Crippen LogP contribution in [0.5, 0.6) is 0 Å². The molecule has 0 atom stereocenters. The molecular weight excluding hydrogens is 757 g/mol. The van der Waals surface area contributed by atoms with Gasteiger partial charge in [0, 0.05) is 38.1 Å². The number of methoxy groups -OCH3 is 1. The number of nitrogens with two attached hydrogens (primary N) is 1. The topological polar surface area (TPSA) is 137 Å². The van der Waals surface area contributed by atoms with E-state index in [9.17, 15) is 40.3 Å². The third kappa shape index (κ3) is 7.74. The summed E-state index contributed by atoms with van der Waals surface area (Å²) in [5.74, 6) is -13.7. The number of ether oxygens (including phenoxy) is 1. The third-order valence-corrected chi connectivity index (χ3v) is 9.13. The van der Waals surface area contributed by atoms with Gasteiger partial charge in [-0.1, -0.05) is 17.4 Å². The second-order valence-electron chi connectivity index (χ2n) is 12.0. The normalized spacial score (nSPS) is 15.1. The van der Waals surface area contributed by atoms with Crippen LogP contribution in [-0.4, -0.2) is 51.8 Å². The summed E-state index contributed by atoms with van der Waals surface area (Å²) in [6, 6.07) is 7.00. The predicted molar refractivity (Wildman–Crippen MR) is 178 cm³/mol. The fourth-order valence-electron chi connectivity index (χ4n) is 5.86. The number of anilines is 1. The summed E-state index contributed by atoms with van der Waals surface area (Å²) in [5, 5.41) is 9.01. The number of alkyl halides is 6. The molecular formula is C34H26F9N7O3S. The van der Waals surface area contributed by atoms with Gasteiger partial charge in [-0.3, -0.25) is 14.3 Å². The van der Waals surface area contributed by atoms with Gasteiger partial charge in [0.15, 0.2) is 10.8 Å². The van der Waals surface area contributed by atoms with Crippen molar-refractivity contribution in [2.75, 3.05) is 25.6 Å². The summed E-state index contributed by atoms with van der Waals surface area (Å²) in [6.07, 6.45) is -5.55. The molecule has 1 aliphatic rings. The number of fused-ring (bicyclic) bond motifs is 2. The quantitative estimate of drug-likeness (QED) is 0.0889. The van der Waals surface area contributed by atoms with E-state index in [0.29, 0.717) is 29.0 Å². The molecule has 4 N–H and O–H groups in total. The lowest BCUT2D eigenvalue weighted by Gasteiger charge is -2.29. The van der Waals surface area contributed by atoms with E-state index in [-0.39, 0.29) is 32.7 Å². The van der Waals surface area contributed by atoms with Gasteiger partial charge in [-0.05, 0) is 47.5 Å². The second-order valence-corrected chi connectivity index (χ2v) is 13.0. The molecule has 0 fully saturated rings. The molecule has 0 aliphatic heterocycles. The fourth-order valence-corrected chi connectivity index (χ4v) is 6.73. The smallest absolute Gasteiger partial charge is 0.290 e. The highest BCUT2D eigenvalue weighted by Gasteiger charge is 2.55. The van der Waals surface area contributed by atoms with E-state index >= 15 is 8.78 Å². The summed E-state index contributed by atoms with van der Waals surface area (Å²) in [7, 11) is 1.48. The maximum Gasteiger partial charge on any atom is 0.290 e. The molecule has 0 radical (unpaired) electrons. The Morgan fingerprint density at radius 1 is 1.02 bits per heavy atom. The molecule has 10 nitrogen and oxygen atoms in total. The number of benzene rings is 2. The summed E-state index contributed by atoms with van der Waals surface area (Å²) in [5.41, 5.74) is -0.689. The first kappa shape index (κ1) is 38.2. The highest BCUT2D eigenvalue weighted by molar-refractivity contribution is 7.22. The molecule has 0 saturated carbocycles. The lowest BCUT2D eigenvalue weighted by Crippen LogP contribution is -2.35. The summed E-state index contributed by atoms with van der Waals surface area (Å²) in [6.45, 7) is -0.673. The Morgan fingerprint density at radius 2 is 1.72 bits per heavy atom. The Balaban J connectivity index is 1.52. The minimum Gasteiger partial charge on any atom is -0.383 e. The van der Waals surface area contributed by atoms with E-state index in [1.807, 2.05) is 0 Å². The Bertz CT molecular complexity index is 2290. The first-order valence-electron chi connectivity index (χ1n) is 15.7. The van der Waals surface area contributed by atoms with E-state index in [1.54, 1.807) is 0 Å². The zero-order valence-electron chi connectivity index (χ0n) is 27.6. The number of amides is 2. The van der Waals surface area contributed by atoms with Gasteiger partial charge in [-0.2, -0.15) is 13.9 Å². The molecule has 3 heterocycles. The van der Waals surface area contributed by atoms with Crippen molar-refractivity contribution in [3.05, 3.63) is 93.7 Å². The van der Waals surface area contributed by atoms with Gasteiger partial charge in [-0.15, -0.1) is 0 Å². The lowest BCUT2D eigenvalue weighted by molar-refractivity contribution is -0.121. The zero-order chi connectivity index (χ0) is 39.1.